The normalized spacial score (nSPS) is 18.3. The molecule has 0 saturated carbocycles. The van der Waals surface area contributed by atoms with Gasteiger partial charge in [-0.25, -0.2) is 0 Å². The SMILES string of the molecule is ClC#CC(OC(C#CCl)(c1ccccc1)I(Cl)(Cl)(Cl)Cl)(c1ccccc1)I(Cl)(Cl)(Cl)Cl. The zero-order valence-corrected chi connectivity index (χ0v) is 26.6. The Labute approximate surface area is 222 Å². The van der Waals surface area contributed by atoms with Gasteiger partial charge < -0.3 is 0 Å². The van der Waals surface area contributed by atoms with Crippen LogP contribution in [-0.4, -0.2) is 0 Å². The summed E-state index contributed by atoms with van der Waals surface area (Å²) in [5, 5.41) is 4.38. The van der Waals surface area contributed by atoms with E-state index in [1.165, 1.54) is 0 Å². The second kappa shape index (κ2) is 10.1. The fourth-order valence-electron chi connectivity index (χ4n) is 2.52. The molecule has 2 aromatic carbocycles. The van der Waals surface area contributed by atoms with Crippen LogP contribution in [0.15, 0.2) is 60.7 Å². The third kappa shape index (κ3) is 6.18. The van der Waals surface area contributed by atoms with Gasteiger partial charge in [0, 0.05) is 0 Å². The predicted octanol–water partition coefficient (Wildman–Crippen LogP) is 11.5. The van der Waals surface area contributed by atoms with Crippen molar-refractivity contribution in [1.29, 1.82) is 0 Å². The number of alkyl halides is 2. The molecule has 0 aliphatic heterocycles. The van der Waals surface area contributed by atoms with Crippen LogP contribution >= 0.6 is 120 Å². The molecule has 0 fully saturated rings. The van der Waals surface area contributed by atoms with Crippen molar-refractivity contribution in [2.45, 2.75) is 7.22 Å². The van der Waals surface area contributed by atoms with Crippen molar-refractivity contribution >= 4 is 120 Å². The molecule has 13 heteroatoms. The number of ether oxygens (including phenoxy) is 1. The number of hydrogen-bond acceptors (Lipinski definition) is 1. The molecule has 31 heavy (non-hydrogen) atoms. The Kier molecular flexibility index (Phi) is 9.48. The van der Waals surface area contributed by atoms with Crippen molar-refractivity contribution < 1.29 is 4.74 Å². The molecule has 0 aromatic heterocycles. The first-order chi connectivity index (χ1) is 14.1. The van der Waals surface area contributed by atoms with Gasteiger partial charge in [-0.05, 0) is 0 Å². The van der Waals surface area contributed by atoms with Gasteiger partial charge >= 0.3 is 226 Å². The first-order valence-electron chi connectivity index (χ1n) is 7.63. The monoisotopic (exact) mass is 846 g/mol. The van der Waals surface area contributed by atoms with Crippen molar-refractivity contribution in [3.05, 3.63) is 71.8 Å². The molecule has 1 nitrogen and oxygen atoms in total. The molecular weight excluding hydrogens is 841 g/mol. The van der Waals surface area contributed by atoms with Crippen LogP contribution in [0.5, 0.6) is 0 Å². The summed E-state index contributed by atoms with van der Waals surface area (Å²) in [4.78, 5) is 0. The van der Waals surface area contributed by atoms with Gasteiger partial charge in [-0.3, -0.25) is 0 Å². The maximum absolute atomic E-state index is 6.58. The van der Waals surface area contributed by atoms with Gasteiger partial charge in [0.05, 0.1) is 0 Å². The fourth-order valence-corrected chi connectivity index (χ4v) is 16.5. The Hall–Kier alpha value is 1.88. The molecule has 172 valence electrons. The van der Waals surface area contributed by atoms with Gasteiger partial charge in [0.25, 0.3) is 0 Å². The van der Waals surface area contributed by atoms with E-state index in [1.807, 2.05) is 0 Å². The van der Waals surface area contributed by atoms with Crippen molar-refractivity contribution in [3.8, 4) is 22.6 Å². The first kappa shape index (κ1) is 29.1. The van der Waals surface area contributed by atoms with Crippen molar-refractivity contribution in [2.24, 2.45) is 0 Å². The van der Waals surface area contributed by atoms with E-state index >= 15 is 0 Å². The molecule has 0 aliphatic carbocycles. The van der Waals surface area contributed by atoms with Gasteiger partial charge in [0.1, 0.15) is 0 Å². The summed E-state index contributed by atoms with van der Waals surface area (Å²) in [6, 6.07) is 16.4. The van der Waals surface area contributed by atoms with E-state index in [0.717, 1.165) is 0 Å². The molecule has 2 rings (SSSR count). The average molecular weight is 851 g/mol. The Morgan fingerprint density at radius 2 is 0.839 bits per heavy atom. The maximum atomic E-state index is 6.58. The summed E-state index contributed by atoms with van der Waals surface area (Å²) < 4.78 is 2.09. The van der Waals surface area contributed by atoms with Gasteiger partial charge in [-0.15, -0.1) is 0 Å². The van der Waals surface area contributed by atoms with Gasteiger partial charge in [0.2, 0.25) is 0 Å². The third-order valence-electron chi connectivity index (χ3n) is 3.79. The zero-order valence-electron chi connectivity index (χ0n) is 14.7. The van der Waals surface area contributed by atoms with Crippen LogP contribution in [0.3, 0.4) is 0 Å². The van der Waals surface area contributed by atoms with Crippen LogP contribution in [-0.2, 0) is 12.0 Å². The Bertz CT molecular complexity index is 968. The molecule has 0 amide bonds. The van der Waals surface area contributed by atoms with Crippen LogP contribution in [0.25, 0.3) is 0 Å². The summed E-state index contributed by atoms with van der Waals surface area (Å²) >= 11 is 0.104. The van der Waals surface area contributed by atoms with Gasteiger partial charge in [-0.2, -0.15) is 0 Å². The molecular formula is C18H10Cl10I2O. The zero-order chi connectivity index (χ0) is 23.7. The first-order valence-corrected chi connectivity index (χ1v) is 32.4. The van der Waals surface area contributed by atoms with E-state index < -0.39 is 32.3 Å². The summed E-state index contributed by atoms with van der Waals surface area (Å²) in [6.45, 7) is 0. The molecule has 2 unspecified atom stereocenters. The van der Waals surface area contributed by atoms with Crippen molar-refractivity contribution in [1.82, 2.24) is 0 Å². The summed E-state index contributed by atoms with van der Waals surface area (Å²) in [5.74, 6) is 5.20. The molecule has 0 bridgehead atoms. The fraction of sp³-hybridized carbons (Fsp3) is 0.111. The van der Waals surface area contributed by atoms with E-state index in [0.29, 0.717) is 0 Å². The number of benzene rings is 2. The second-order valence-electron chi connectivity index (χ2n) is 5.68. The van der Waals surface area contributed by atoms with Gasteiger partial charge in [-0.1, -0.05) is 0 Å². The molecule has 0 saturated heterocycles. The molecule has 2 aromatic rings. The minimum absolute atomic E-state index is 0.251. The van der Waals surface area contributed by atoms with E-state index in [4.69, 9.17) is 99.2 Å². The van der Waals surface area contributed by atoms with E-state index in [1.54, 1.807) is 60.7 Å². The number of hydrogen-bond donors (Lipinski definition) is 0. The van der Waals surface area contributed by atoms with Crippen LogP contribution in [0.4, 0.5) is 0 Å². The van der Waals surface area contributed by atoms with Crippen LogP contribution in [0, 0.1) is 22.6 Å². The minimum atomic E-state index is -5.73. The summed E-state index contributed by atoms with van der Waals surface area (Å²) in [5.41, 5.74) is 0.501. The summed E-state index contributed by atoms with van der Waals surface area (Å²) in [7, 11) is 52.6. The Balaban J connectivity index is 3.06. The molecule has 0 heterocycles. The topological polar surface area (TPSA) is 9.23 Å². The van der Waals surface area contributed by atoms with Gasteiger partial charge in [0.15, 0.2) is 0 Å². The van der Waals surface area contributed by atoms with Crippen LogP contribution in [0.2, 0.25) is 0 Å². The van der Waals surface area contributed by atoms with Crippen LogP contribution in [0.1, 0.15) is 11.1 Å². The second-order valence-corrected chi connectivity index (χ2v) is 58.5. The van der Waals surface area contributed by atoms with E-state index in [-0.39, 0.29) is 11.1 Å². The molecule has 0 spiro atoms. The van der Waals surface area contributed by atoms with E-state index in [2.05, 4.69) is 22.6 Å². The molecule has 0 aliphatic rings. The Morgan fingerprint density at radius 1 is 0.548 bits per heavy atom. The number of halogens is 12. The molecule has 0 radical (unpaired) electrons. The van der Waals surface area contributed by atoms with Crippen LogP contribution < -0.4 is 0 Å². The standard InChI is InChI=1S/C18H10Cl10I2O/c19-13-11-17(29(21,22,23)24,15-7-3-1-4-8-15)31-18(12-14-20,30(25,26,27)28)16-9-5-2-6-10-16/h1-10H. The quantitative estimate of drug-likeness (QED) is 0.160. The van der Waals surface area contributed by atoms with Crippen molar-refractivity contribution in [2.75, 3.05) is 0 Å². The molecule has 2 atom stereocenters. The average Bonchev–Trinajstić information content (AvgIpc) is 2.65. The Morgan fingerprint density at radius 3 is 1.06 bits per heavy atom. The van der Waals surface area contributed by atoms with Crippen molar-refractivity contribution in [3.63, 3.8) is 0 Å². The predicted molar refractivity (Wildman–Crippen MR) is 159 cm³/mol. The molecule has 0 N–H and O–H groups in total. The summed E-state index contributed by atoms with van der Waals surface area (Å²) in [6.07, 6.45) is 0. The number of rotatable bonds is 6. The third-order valence-corrected chi connectivity index (χ3v) is 21.6. The van der Waals surface area contributed by atoms with E-state index in [9.17, 15) is 0 Å².